The van der Waals surface area contributed by atoms with Gasteiger partial charge in [0.2, 0.25) is 0 Å². The fraction of sp³-hybridized carbons (Fsp3) is 1.00. The van der Waals surface area contributed by atoms with Gasteiger partial charge in [-0.25, -0.2) is 0 Å². The minimum atomic E-state index is -0.153. The molecule has 0 bridgehead atoms. The van der Waals surface area contributed by atoms with Crippen LogP contribution in [0.25, 0.3) is 0 Å². The molecule has 0 aliphatic rings. The molecule has 0 aromatic heterocycles. The molecule has 1 unspecified atom stereocenters. The molecule has 3 heteroatoms. The molecule has 92 valence electrons. The van der Waals surface area contributed by atoms with Crippen molar-refractivity contribution in [1.82, 2.24) is 10.6 Å². The SMILES string of the molecule is CC(C)CNCCCNCCCC(C)O. The molecule has 0 saturated heterocycles. The average Bonchev–Trinajstić information content (AvgIpc) is 2.14. The van der Waals surface area contributed by atoms with Crippen LogP contribution in [0.3, 0.4) is 0 Å². The highest BCUT2D eigenvalue weighted by Crippen LogP contribution is 1.93. The van der Waals surface area contributed by atoms with E-state index in [1.165, 1.54) is 6.42 Å². The molecule has 0 rings (SSSR count). The van der Waals surface area contributed by atoms with Gasteiger partial charge in [-0.3, -0.25) is 0 Å². The second-order valence-corrected chi connectivity index (χ2v) is 4.69. The van der Waals surface area contributed by atoms with Gasteiger partial charge in [-0.05, 0) is 58.3 Å². The van der Waals surface area contributed by atoms with Crippen LogP contribution in [0.15, 0.2) is 0 Å². The van der Waals surface area contributed by atoms with Gasteiger partial charge in [0.15, 0.2) is 0 Å². The number of hydrogen-bond donors (Lipinski definition) is 3. The van der Waals surface area contributed by atoms with Gasteiger partial charge in [0, 0.05) is 0 Å². The Morgan fingerprint density at radius 2 is 1.53 bits per heavy atom. The van der Waals surface area contributed by atoms with E-state index in [9.17, 15) is 0 Å². The van der Waals surface area contributed by atoms with Gasteiger partial charge in [-0.1, -0.05) is 13.8 Å². The molecule has 0 aliphatic carbocycles. The van der Waals surface area contributed by atoms with E-state index in [2.05, 4.69) is 24.5 Å². The van der Waals surface area contributed by atoms with Crippen LogP contribution >= 0.6 is 0 Å². The summed E-state index contributed by atoms with van der Waals surface area (Å²) in [7, 11) is 0. The van der Waals surface area contributed by atoms with Crippen molar-refractivity contribution in [3.63, 3.8) is 0 Å². The molecule has 15 heavy (non-hydrogen) atoms. The first-order chi connectivity index (χ1) is 7.13. The highest BCUT2D eigenvalue weighted by molar-refractivity contribution is 4.55. The summed E-state index contributed by atoms with van der Waals surface area (Å²) in [6.45, 7) is 10.6. The van der Waals surface area contributed by atoms with Crippen molar-refractivity contribution in [2.75, 3.05) is 26.2 Å². The van der Waals surface area contributed by atoms with Crippen molar-refractivity contribution >= 4 is 0 Å². The molecule has 0 aromatic rings. The topological polar surface area (TPSA) is 44.3 Å². The average molecular weight is 216 g/mol. The maximum atomic E-state index is 9.04. The fourth-order valence-corrected chi connectivity index (χ4v) is 1.38. The highest BCUT2D eigenvalue weighted by Gasteiger charge is 1.95. The van der Waals surface area contributed by atoms with Crippen LogP contribution in [0.5, 0.6) is 0 Å². The lowest BCUT2D eigenvalue weighted by atomic mass is 10.2. The van der Waals surface area contributed by atoms with Gasteiger partial charge in [-0.15, -0.1) is 0 Å². The van der Waals surface area contributed by atoms with Crippen LogP contribution in [-0.4, -0.2) is 37.4 Å². The molecule has 0 radical (unpaired) electrons. The van der Waals surface area contributed by atoms with Crippen molar-refractivity contribution in [1.29, 1.82) is 0 Å². The van der Waals surface area contributed by atoms with Crippen molar-refractivity contribution in [3.8, 4) is 0 Å². The Bertz CT molecular complexity index is 113. The first-order valence-electron chi connectivity index (χ1n) is 6.22. The van der Waals surface area contributed by atoms with Gasteiger partial charge in [0.05, 0.1) is 6.10 Å². The Labute approximate surface area is 94.6 Å². The molecule has 0 aromatic carbocycles. The fourth-order valence-electron chi connectivity index (χ4n) is 1.38. The monoisotopic (exact) mass is 216 g/mol. The van der Waals surface area contributed by atoms with E-state index in [1.54, 1.807) is 0 Å². The van der Waals surface area contributed by atoms with E-state index < -0.39 is 0 Å². The van der Waals surface area contributed by atoms with Crippen molar-refractivity contribution in [2.45, 2.75) is 46.1 Å². The van der Waals surface area contributed by atoms with Crippen LogP contribution in [-0.2, 0) is 0 Å². The summed E-state index contributed by atoms with van der Waals surface area (Å²) in [5, 5.41) is 15.8. The van der Waals surface area contributed by atoms with E-state index in [-0.39, 0.29) is 6.10 Å². The summed E-state index contributed by atoms with van der Waals surface area (Å²) in [5.74, 6) is 0.740. The summed E-state index contributed by atoms with van der Waals surface area (Å²) in [6, 6.07) is 0. The summed E-state index contributed by atoms with van der Waals surface area (Å²) < 4.78 is 0. The quantitative estimate of drug-likeness (QED) is 0.483. The molecule has 3 nitrogen and oxygen atoms in total. The van der Waals surface area contributed by atoms with Crippen molar-refractivity contribution < 1.29 is 5.11 Å². The Balaban J connectivity index is 2.93. The molecule has 0 amide bonds. The number of nitrogens with one attached hydrogen (secondary N) is 2. The van der Waals surface area contributed by atoms with Crippen LogP contribution < -0.4 is 10.6 Å². The molecular formula is C12H28N2O. The number of aliphatic hydroxyl groups excluding tert-OH is 1. The summed E-state index contributed by atoms with van der Waals surface area (Å²) in [6.07, 6.45) is 3.00. The molecule has 0 heterocycles. The molecule has 0 aliphatic heterocycles. The third-order valence-electron chi connectivity index (χ3n) is 2.24. The molecular weight excluding hydrogens is 188 g/mol. The number of aliphatic hydroxyl groups is 1. The van der Waals surface area contributed by atoms with E-state index in [0.29, 0.717) is 0 Å². The van der Waals surface area contributed by atoms with Crippen molar-refractivity contribution in [2.24, 2.45) is 5.92 Å². The van der Waals surface area contributed by atoms with E-state index >= 15 is 0 Å². The number of hydrogen-bond acceptors (Lipinski definition) is 3. The summed E-state index contributed by atoms with van der Waals surface area (Å²) in [4.78, 5) is 0. The molecule has 3 N–H and O–H groups in total. The standard InChI is InChI=1S/C12H28N2O/c1-11(2)10-14-9-5-8-13-7-4-6-12(3)15/h11-15H,4-10H2,1-3H3. The van der Waals surface area contributed by atoms with Gasteiger partial charge >= 0.3 is 0 Å². The lowest BCUT2D eigenvalue weighted by molar-refractivity contribution is 0.181. The molecule has 0 saturated carbocycles. The zero-order valence-corrected chi connectivity index (χ0v) is 10.6. The Morgan fingerprint density at radius 1 is 0.933 bits per heavy atom. The van der Waals surface area contributed by atoms with Gasteiger partial charge in [-0.2, -0.15) is 0 Å². The largest absolute Gasteiger partial charge is 0.393 e. The predicted molar refractivity (Wildman–Crippen MR) is 66.1 cm³/mol. The summed E-state index contributed by atoms with van der Waals surface area (Å²) in [5.41, 5.74) is 0. The summed E-state index contributed by atoms with van der Waals surface area (Å²) >= 11 is 0. The zero-order valence-electron chi connectivity index (χ0n) is 10.6. The van der Waals surface area contributed by atoms with E-state index in [1.807, 2.05) is 6.92 Å². The predicted octanol–water partition coefficient (Wildman–Crippen LogP) is 1.37. The lowest BCUT2D eigenvalue weighted by Crippen LogP contribution is -2.25. The Kier molecular flexibility index (Phi) is 10.3. The first kappa shape index (κ1) is 14.9. The van der Waals surface area contributed by atoms with Crippen LogP contribution in [0.4, 0.5) is 0 Å². The zero-order chi connectivity index (χ0) is 11.5. The van der Waals surface area contributed by atoms with E-state index in [0.717, 1.165) is 44.9 Å². The Hall–Kier alpha value is -0.120. The molecule has 0 fully saturated rings. The molecule has 1 atom stereocenters. The normalized spacial score (nSPS) is 13.4. The second kappa shape index (κ2) is 10.4. The lowest BCUT2D eigenvalue weighted by Gasteiger charge is -2.08. The Morgan fingerprint density at radius 3 is 2.13 bits per heavy atom. The van der Waals surface area contributed by atoms with Crippen LogP contribution in [0.1, 0.15) is 40.0 Å². The maximum absolute atomic E-state index is 9.04. The smallest absolute Gasteiger partial charge is 0.0512 e. The number of rotatable bonds is 10. The maximum Gasteiger partial charge on any atom is 0.0512 e. The minimum Gasteiger partial charge on any atom is -0.393 e. The van der Waals surface area contributed by atoms with Crippen molar-refractivity contribution in [3.05, 3.63) is 0 Å². The van der Waals surface area contributed by atoms with E-state index in [4.69, 9.17) is 5.11 Å². The third kappa shape index (κ3) is 13.9. The highest BCUT2D eigenvalue weighted by atomic mass is 16.3. The first-order valence-corrected chi connectivity index (χ1v) is 6.22. The third-order valence-corrected chi connectivity index (χ3v) is 2.24. The van der Waals surface area contributed by atoms with Gasteiger partial charge < -0.3 is 15.7 Å². The van der Waals surface area contributed by atoms with Gasteiger partial charge in [0.1, 0.15) is 0 Å². The second-order valence-electron chi connectivity index (χ2n) is 4.69. The minimum absolute atomic E-state index is 0.153. The molecule has 0 spiro atoms. The van der Waals surface area contributed by atoms with Crippen LogP contribution in [0.2, 0.25) is 0 Å². The van der Waals surface area contributed by atoms with Crippen LogP contribution in [0, 0.1) is 5.92 Å². The van der Waals surface area contributed by atoms with Gasteiger partial charge in [0.25, 0.3) is 0 Å².